The minimum Gasteiger partial charge on any atom is -0.353 e. The molecule has 1 amide bonds. The molecule has 35 heavy (non-hydrogen) atoms. The SMILES string of the molecule is CC.Cc1cc(N2CCN(C(=O)Cn3nc(-c4ccc(F)c(C)c4)cc3CC(C)C)CC2)ncn1. The molecule has 0 bridgehead atoms. The van der Waals surface area contributed by atoms with Crippen molar-refractivity contribution in [3.8, 4) is 11.3 Å². The second-order valence-electron chi connectivity index (χ2n) is 9.13. The number of hydrogen-bond donors (Lipinski definition) is 0. The molecule has 0 unspecified atom stereocenters. The number of hydrogen-bond acceptors (Lipinski definition) is 5. The maximum absolute atomic E-state index is 13.7. The number of carbonyl (C=O) groups excluding carboxylic acids is 1. The van der Waals surface area contributed by atoms with Crippen molar-refractivity contribution in [2.75, 3.05) is 31.1 Å². The third-order valence-corrected chi connectivity index (χ3v) is 5.97. The Labute approximate surface area is 208 Å². The second kappa shape index (κ2) is 11.9. The molecule has 0 N–H and O–H groups in total. The molecule has 4 rings (SSSR count). The van der Waals surface area contributed by atoms with E-state index >= 15 is 0 Å². The van der Waals surface area contributed by atoms with Crippen LogP contribution >= 0.6 is 0 Å². The van der Waals surface area contributed by atoms with Crippen molar-refractivity contribution in [3.05, 3.63) is 59.4 Å². The number of halogens is 1. The van der Waals surface area contributed by atoms with Crippen molar-refractivity contribution in [1.82, 2.24) is 24.6 Å². The van der Waals surface area contributed by atoms with E-state index in [1.165, 1.54) is 6.07 Å². The van der Waals surface area contributed by atoms with Gasteiger partial charge in [-0.25, -0.2) is 14.4 Å². The Morgan fingerprint density at radius 1 is 1.03 bits per heavy atom. The zero-order valence-electron chi connectivity index (χ0n) is 21.8. The summed E-state index contributed by atoms with van der Waals surface area (Å²) in [6.07, 6.45) is 2.40. The summed E-state index contributed by atoms with van der Waals surface area (Å²) in [5, 5.41) is 4.73. The fourth-order valence-electron chi connectivity index (χ4n) is 4.15. The highest BCUT2D eigenvalue weighted by atomic mass is 19.1. The van der Waals surface area contributed by atoms with E-state index in [1.807, 2.05) is 42.5 Å². The third kappa shape index (κ3) is 6.65. The molecule has 0 saturated carbocycles. The first-order chi connectivity index (χ1) is 16.8. The van der Waals surface area contributed by atoms with Gasteiger partial charge in [-0.1, -0.05) is 27.7 Å². The standard InChI is InChI=1S/C25H31FN6O.C2H6/c1-17(2)11-21-14-23(20-5-6-22(26)18(3)12-20)29-32(21)15-25(33)31-9-7-30(8-10-31)24-13-19(4)27-16-28-24;1-2/h5-6,12-14,16-17H,7-11,15H2,1-4H3;1-2H3. The lowest BCUT2D eigenvalue weighted by Gasteiger charge is -2.35. The summed E-state index contributed by atoms with van der Waals surface area (Å²) in [4.78, 5) is 25.7. The average molecular weight is 481 g/mol. The minimum absolute atomic E-state index is 0.0588. The number of carbonyl (C=O) groups is 1. The molecule has 0 spiro atoms. The van der Waals surface area contributed by atoms with Gasteiger partial charge in [0.2, 0.25) is 5.91 Å². The van der Waals surface area contributed by atoms with Crippen molar-refractivity contribution in [2.24, 2.45) is 5.92 Å². The van der Waals surface area contributed by atoms with E-state index in [2.05, 4.69) is 28.7 Å². The Hall–Kier alpha value is -3.29. The van der Waals surface area contributed by atoms with Gasteiger partial charge in [0.15, 0.2) is 0 Å². The molecule has 1 aliphatic rings. The van der Waals surface area contributed by atoms with Crippen LogP contribution in [0.5, 0.6) is 0 Å². The van der Waals surface area contributed by atoms with Gasteiger partial charge in [-0.3, -0.25) is 9.48 Å². The lowest BCUT2D eigenvalue weighted by Crippen LogP contribution is -2.50. The monoisotopic (exact) mass is 480 g/mol. The van der Waals surface area contributed by atoms with E-state index in [1.54, 1.807) is 25.4 Å². The normalized spacial score (nSPS) is 13.6. The molecule has 188 valence electrons. The van der Waals surface area contributed by atoms with Crippen LogP contribution in [0.3, 0.4) is 0 Å². The molecular weight excluding hydrogens is 443 g/mol. The first kappa shape index (κ1) is 26.3. The maximum Gasteiger partial charge on any atom is 0.244 e. The van der Waals surface area contributed by atoms with Gasteiger partial charge < -0.3 is 9.80 Å². The van der Waals surface area contributed by atoms with E-state index in [-0.39, 0.29) is 18.3 Å². The zero-order chi connectivity index (χ0) is 25.5. The van der Waals surface area contributed by atoms with Gasteiger partial charge in [-0.15, -0.1) is 0 Å². The summed E-state index contributed by atoms with van der Waals surface area (Å²) < 4.78 is 15.5. The Morgan fingerprint density at radius 2 is 1.74 bits per heavy atom. The van der Waals surface area contributed by atoms with Gasteiger partial charge in [0.1, 0.15) is 24.5 Å². The van der Waals surface area contributed by atoms with Crippen LogP contribution in [0.25, 0.3) is 11.3 Å². The molecule has 2 aromatic heterocycles. The Balaban J connectivity index is 0.00000167. The fraction of sp³-hybridized carbons (Fsp3) is 0.481. The molecular formula is C27H37FN6O. The van der Waals surface area contributed by atoms with Gasteiger partial charge in [-0.2, -0.15) is 5.10 Å². The number of nitrogens with zero attached hydrogens (tertiary/aromatic N) is 6. The highest BCUT2D eigenvalue weighted by molar-refractivity contribution is 5.76. The predicted molar refractivity (Wildman–Crippen MR) is 138 cm³/mol. The van der Waals surface area contributed by atoms with Crippen molar-refractivity contribution in [1.29, 1.82) is 0 Å². The van der Waals surface area contributed by atoms with E-state index in [0.717, 1.165) is 48.0 Å². The number of piperazine rings is 1. The molecule has 1 fully saturated rings. The van der Waals surface area contributed by atoms with Gasteiger partial charge in [0, 0.05) is 49.2 Å². The summed E-state index contributed by atoms with van der Waals surface area (Å²) in [6.45, 7) is 15.0. The van der Waals surface area contributed by atoms with Crippen LogP contribution in [0.4, 0.5) is 10.2 Å². The molecule has 3 aromatic rings. The summed E-state index contributed by atoms with van der Waals surface area (Å²) in [7, 11) is 0. The molecule has 0 atom stereocenters. The van der Waals surface area contributed by atoms with Crippen LogP contribution < -0.4 is 4.90 Å². The number of amides is 1. The van der Waals surface area contributed by atoms with Gasteiger partial charge in [0.25, 0.3) is 0 Å². The summed E-state index contributed by atoms with van der Waals surface area (Å²) in [5.74, 6) is 1.16. The third-order valence-electron chi connectivity index (χ3n) is 5.97. The van der Waals surface area contributed by atoms with Gasteiger partial charge in [-0.05, 0) is 56.0 Å². The van der Waals surface area contributed by atoms with Crippen molar-refractivity contribution in [3.63, 3.8) is 0 Å². The number of aryl methyl sites for hydroxylation is 2. The maximum atomic E-state index is 13.7. The number of benzene rings is 1. The summed E-state index contributed by atoms with van der Waals surface area (Å²) >= 11 is 0. The quantitative estimate of drug-likeness (QED) is 0.513. The Morgan fingerprint density at radius 3 is 2.37 bits per heavy atom. The number of aromatic nitrogens is 4. The largest absolute Gasteiger partial charge is 0.353 e. The van der Waals surface area contributed by atoms with Crippen LogP contribution in [-0.2, 0) is 17.8 Å². The molecule has 1 aromatic carbocycles. The molecule has 0 radical (unpaired) electrons. The highest BCUT2D eigenvalue weighted by Crippen LogP contribution is 2.23. The highest BCUT2D eigenvalue weighted by Gasteiger charge is 2.23. The molecule has 7 nitrogen and oxygen atoms in total. The first-order valence-electron chi connectivity index (χ1n) is 12.4. The van der Waals surface area contributed by atoms with Crippen LogP contribution in [0.1, 0.15) is 44.6 Å². The van der Waals surface area contributed by atoms with Crippen molar-refractivity contribution in [2.45, 2.75) is 54.5 Å². The topological polar surface area (TPSA) is 67.2 Å². The van der Waals surface area contributed by atoms with E-state index < -0.39 is 0 Å². The predicted octanol–water partition coefficient (Wildman–Crippen LogP) is 4.67. The van der Waals surface area contributed by atoms with Crippen LogP contribution in [0, 0.1) is 25.6 Å². The smallest absolute Gasteiger partial charge is 0.244 e. The fourth-order valence-corrected chi connectivity index (χ4v) is 4.15. The molecule has 3 heterocycles. The first-order valence-corrected chi connectivity index (χ1v) is 12.4. The summed E-state index contributed by atoms with van der Waals surface area (Å²) in [5.41, 5.74) is 4.16. The van der Waals surface area contributed by atoms with Crippen LogP contribution in [0.15, 0.2) is 36.7 Å². The Kier molecular flexibility index (Phi) is 8.95. The van der Waals surface area contributed by atoms with Crippen LogP contribution in [-0.4, -0.2) is 56.7 Å². The summed E-state index contributed by atoms with van der Waals surface area (Å²) in [6, 6.07) is 9.00. The van der Waals surface area contributed by atoms with Crippen LogP contribution in [0.2, 0.25) is 0 Å². The van der Waals surface area contributed by atoms with Crippen molar-refractivity contribution >= 4 is 11.7 Å². The second-order valence-corrected chi connectivity index (χ2v) is 9.13. The minimum atomic E-state index is -0.230. The van der Waals surface area contributed by atoms with Gasteiger partial charge in [0.05, 0.1) is 5.69 Å². The van der Waals surface area contributed by atoms with E-state index in [9.17, 15) is 9.18 Å². The lowest BCUT2D eigenvalue weighted by atomic mass is 10.1. The van der Waals surface area contributed by atoms with E-state index in [4.69, 9.17) is 5.10 Å². The number of anilines is 1. The number of rotatable bonds is 6. The van der Waals surface area contributed by atoms with E-state index in [0.29, 0.717) is 24.6 Å². The lowest BCUT2D eigenvalue weighted by molar-refractivity contribution is -0.132. The molecule has 8 heteroatoms. The molecule has 0 aliphatic carbocycles. The van der Waals surface area contributed by atoms with Crippen molar-refractivity contribution < 1.29 is 9.18 Å². The molecule has 1 aliphatic heterocycles. The Bertz CT molecular complexity index is 1130. The van der Waals surface area contributed by atoms with Gasteiger partial charge >= 0.3 is 0 Å². The zero-order valence-corrected chi connectivity index (χ0v) is 21.8. The average Bonchev–Trinajstić information content (AvgIpc) is 3.23. The molecule has 1 saturated heterocycles.